The highest BCUT2D eigenvalue weighted by Gasteiger charge is 2.16. The van der Waals surface area contributed by atoms with E-state index in [0.717, 1.165) is 5.56 Å². The van der Waals surface area contributed by atoms with Crippen LogP contribution in [0.3, 0.4) is 0 Å². The van der Waals surface area contributed by atoms with Gasteiger partial charge in [0.1, 0.15) is 5.15 Å². The molecule has 3 aromatic rings. The molecule has 0 aliphatic heterocycles. The molecule has 106 valence electrons. The Morgan fingerprint density at radius 2 is 2.05 bits per heavy atom. The van der Waals surface area contributed by atoms with Gasteiger partial charge < -0.3 is 0 Å². The number of rotatable bonds is 2. The molecule has 5 nitrogen and oxygen atoms in total. The normalized spacial score (nSPS) is 11.0. The van der Waals surface area contributed by atoms with E-state index >= 15 is 0 Å². The SMILES string of the molecule is Cc1csc(-c2nc(Cl)c3ccc([N+](=O)[O-])cc3n2)c1Cl. The lowest BCUT2D eigenvalue weighted by Crippen LogP contribution is -1.93. The fourth-order valence-electron chi connectivity index (χ4n) is 1.88. The third-order valence-corrected chi connectivity index (χ3v) is 4.93. The number of aryl methyl sites for hydroxylation is 1. The van der Waals surface area contributed by atoms with Crippen molar-refractivity contribution in [3.05, 3.63) is 49.4 Å². The molecule has 0 unspecified atom stereocenters. The van der Waals surface area contributed by atoms with Gasteiger partial charge in [0.15, 0.2) is 5.82 Å². The number of nitro benzene ring substituents is 1. The Bertz CT molecular complexity index is 879. The standard InChI is InChI=1S/C13H7Cl2N3O2S/c1-6-5-21-11(10(6)14)13-16-9-4-7(18(19)20)2-3-8(9)12(15)17-13/h2-5H,1H3. The van der Waals surface area contributed by atoms with Crippen molar-refractivity contribution >= 4 is 51.1 Å². The summed E-state index contributed by atoms with van der Waals surface area (Å²) in [5, 5.41) is 14.1. The molecule has 0 atom stereocenters. The summed E-state index contributed by atoms with van der Waals surface area (Å²) in [6.07, 6.45) is 0. The molecule has 8 heteroatoms. The second-order valence-electron chi connectivity index (χ2n) is 4.36. The molecule has 0 radical (unpaired) electrons. The van der Waals surface area contributed by atoms with Crippen LogP contribution in [-0.2, 0) is 0 Å². The Kier molecular flexibility index (Phi) is 3.52. The van der Waals surface area contributed by atoms with Crippen LogP contribution in [0.15, 0.2) is 23.6 Å². The summed E-state index contributed by atoms with van der Waals surface area (Å²) in [5.41, 5.74) is 1.30. The van der Waals surface area contributed by atoms with E-state index in [2.05, 4.69) is 9.97 Å². The molecule has 0 N–H and O–H groups in total. The molecular formula is C13H7Cl2N3O2S. The van der Waals surface area contributed by atoms with Crippen molar-refractivity contribution in [2.75, 3.05) is 0 Å². The molecule has 2 heterocycles. The van der Waals surface area contributed by atoms with Crippen LogP contribution in [-0.4, -0.2) is 14.9 Å². The lowest BCUT2D eigenvalue weighted by molar-refractivity contribution is -0.384. The van der Waals surface area contributed by atoms with E-state index in [9.17, 15) is 10.1 Å². The zero-order valence-corrected chi connectivity index (χ0v) is 13.0. The third-order valence-electron chi connectivity index (χ3n) is 2.95. The first-order valence-corrected chi connectivity index (χ1v) is 7.46. The van der Waals surface area contributed by atoms with Crippen LogP contribution in [0.1, 0.15) is 5.56 Å². The predicted octanol–water partition coefficient (Wildman–Crippen LogP) is 4.88. The number of halogens is 2. The van der Waals surface area contributed by atoms with E-state index in [1.165, 1.54) is 23.5 Å². The Balaban J connectivity index is 2.26. The van der Waals surface area contributed by atoms with Crippen molar-refractivity contribution in [3.8, 4) is 10.7 Å². The van der Waals surface area contributed by atoms with Crippen LogP contribution >= 0.6 is 34.5 Å². The summed E-state index contributed by atoms with van der Waals surface area (Å²) in [6, 6.07) is 4.29. The van der Waals surface area contributed by atoms with E-state index < -0.39 is 4.92 Å². The maximum atomic E-state index is 10.9. The largest absolute Gasteiger partial charge is 0.271 e. The van der Waals surface area contributed by atoms with Crippen LogP contribution in [0.25, 0.3) is 21.6 Å². The molecule has 0 spiro atoms. The third kappa shape index (κ3) is 2.46. The highest BCUT2D eigenvalue weighted by Crippen LogP contribution is 2.36. The zero-order valence-electron chi connectivity index (χ0n) is 10.6. The van der Waals surface area contributed by atoms with Crippen molar-refractivity contribution in [1.29, 1.82) is 0 Å². The summed E-state index contributed by atoms with van der Waals surface area (Å²) in [6.45, 7) is 1.88. The molecule has 0 aliphatic rings. The first-order chi connectivity index (χ1) is 9.97. The fraction of sp³-hybridized carbons (Fsp3) is 0.0769. The minimum Gasteiger partial charge on any atom is -0.258 e. The van der Waals surface area contributed by atoms with Crippen molar-refractivity contribution in [3.63, 3.8) is 0 Å². The van der Waals surface area contributed by atoms with Crippen molar-refractivity contribution in [1.82, 2.24) is 9.97 Å². The number of nitrogens with zero attached hydrogens (tertiary/aromatic N) is 3. The van der Waals surface area contributed by atoms with E-state index in [-0.39, 0.29) is 10.8 Å². The second kappa shape index (κ2) is 5.22. The van der Waals surface area contributed by atoms with Crippen LogP contribution in [0.5, 0.6) is 0 Å². The van der Waals surface area contributed by atoms with Crippen molar-refractivity contribution in [2.24, 2.45) is 0 Å². The highest BCUT2D eigenvalue weighted by atomic mass is 35.5. The number of non-ortho nitro benzene ring substituents is 1. The molecule has 3 rings (SSSR count). The topological polar surface area (TPSA) is 68.9 Å². The van der Waals surface area contributed by atoms with Gasteiger partial charge in [-0.3, -0.25) is 10.1 Å². The van der Waals surface area contributed by atoms with Crippen molar-refractivity contribution in [2.45, 2.75) is 6.92 Å². The number of nitro groups is 1. The average molecular weight is 340 g/mol. The summed E-state index contributed by atoms with van der Waals surface area (Å²) in [7, 11) is 0. The number of thiophene rings is 1. The van der Waals surface area contributed by atoms with E-state index in [4.69, 9.17) is 23.2 Å². The monoisotopic (exact) mass is 339 g/mol. The molecule has 0 saturated carbocycles. The molecule has 21 heavy (non-hydrogen) atoms. The van der Waals surface area contributed by atoms with Gasteiger partial charge in [-0.25, -0.2) is 9.97 Å². The Hall–Kier alpha value is -1.76. The van der Waals surface area contributed by atoms with E-state index in [1.807, 2.05) is 12.3 Å². The number of hydrogen-bond donors (Lipinski definition) is 0. The van der Waals surface area contributed by atoms with Gasteiger partial charge in [0.05, 0.1) is 20.3 Å². The molecule has 2 aromatic heterocycles. The Morgan fingerprint density at radius 3 is 2.67 bits per heavy atom. The maximum Gasteiger partial charge on any atom is 0.271 e. The zero-order chi connectivity index (χ0) is 15.1. The molecule has 0 aliphatic carbocycles. The molecule has 1 aromatic carbocycles. The number of hydrogen-bond acceptors (Lipinski definition) is 5. The summed E-state index contributed by atoms with van der Waals surface area (Å²) < 4.78 is 0. The molecule has 0 fully saturated rings. The molecule has 0 bridgehead atoms. The molecule has 0 saturated heterocycles. The van der Waals surface area contributed by atoms with Gasteiger partial charge in [0.25, 0.3) is 5.69 Å². The van der Waals surface area contributed by atoms with E-state index in [0.29, 0.717) is 26.6 Å². The van der Waals surface area contributed by atoms with Gasteiger partial charge in [-0.05, 0) is 23.9 Å². The minimum absolute atomic E-state index is 0.0447. The van der Waals surface area contributed by atoms with E-state index in [1.54, 1.807) is 6.07 Å². The smallest absolute Gasteiger partial charge is 0.258 e. The number of aromatic nitrogens is 2. The quantitative estimate of drug-likeness (QED) is 0.379. The second-order valence-corrected chi connectivity index (χ2v) is 5.97. The molecular weight excluding hydrogens is 333 g/mol. The average Bonchev–Trinajstić information content (AvgIpc) is 2.78. The first-order valence-electron chi connectivity index (χ1n) is 5.83. The van der Waals surface area contributed by atoms with Crippen LogP contribution in [0.4, 0.5) is 5.69 Å². The van der Waals surface area contributed by atoms with Crippen molar-refractivity contribution < 1.29 is 4.92 Å². The number of benzene rings is 1. The Labute approximate surface area is 133 Å². The van der Waals surface area contributed by atoms with Gasteiger partial charge in [-0.1, -0.05) is 23.2 Å². The van der Waals surface area contributed by atoms with Gasteiger partial charge in [0, 0.05) is 17.5 Å². The highest BCUT2D eigenvalue weighted by molar-refractivity contribution is 7.14. The van der Waals surface area contributed by atoms with Gasteiger partial charge in [-0.15, -0.1) is 11.3 Å². The van der Waals surface area contributed by atoms with Crippen LogP contribution in [0.2, 0.25) is 10.2 Å². The first kappa shape index (κ1) is 14.2. The van der Waals surface area contributed by atoms with Gasteiger partial charge in [-0.2, -0.15) is 0 Å². The summed E-state index contributed by atoms with van der Waals surface area (Å²) >= 11 is 13.8. The van der Waals surface area contributed by atoms with Gasteiger partial charge >= 0.3 is 0 Å². The number of fused-ring (bicyclic) bond motifs is 1. The van der Waals surface area contributed by atoms with Crippen LogP contribution < -0.4 is 0 Å². The predicted molar refractivity (Wildman–Crippen MR) is 84.3 cm³/mol. The lowest BCUT2D eigenvalue weighted by atomic mass is 10.2. The summed E-state index contributed by atoms with van der Waals surface area (Å²) in [4.78, 5) is 19.7. The fourth-order valence-corrected chi connectivity index (χ4v) is 3.33. The Morgan fingerprint density at radius 1 is 1.29 bits per heavy atom. The minimum atomic E-state index is -0.475. The maximum absolute atomic E-state index is 10.9. The molecule has 0 amide bonds. The van der Waals surface area contributed by atoms with Crippen LogP contribution in [0, 0.1) is 17.0 Å². The summed E-state index contributed by atoms with van der Waals surface area (Å²) in [5.74, 6) is 0.371. The van der Waals surface area contributed by atoms with Gasteiger partial charge in [0.2, 0.25) is 0 Å². The lowest BCUT2D eigenvalue weighted by Gasteiger charge is -2.03.